The lowest BCUT2D eigenvalue weighted by Crippen LogP contribution is -2.53. The van der Waals surface area contributed by atoms with Gasteiger partial charge in [0, 0.05) is 31.5 Å². The summed E-state index contributed by atoms with van der Waals surface area (Å²) in [6.07, 6.45) is 9.42. The molecule has 2 heterocycles. The highest BCUT2D eigenvalue weighted by Gasteiger charge is 2.32. The van der Waals surface area contributed by atoms with Crippen molar-refractivity contribution in [3.8, 4) is 0 Å². The van der Waals surface area contributed by atoms with Crippen molar-refractivity contribution in [1.82, 2.24) is 24.7 Å². The van der Waals surface area contributed by atoms with Crippen LogP contribution in [0.25, 0.3) is 0 Å². The SMILES string of the molecule is C=CCOCN(CC[C@@H](O)c1nc(C(=O)O)cn1C)C(=O)C(N/C(=C/CC)C1CCCCN1C)C(C)CC. The second-order valence-corrected chi connectivity index (χ2v) is 10.2. The van der Waals surface area contributed by atoms with Gasteiger partial charge in [0.05, 0.1) is 6.61 Å². The molecule has 3 unspecified atom stereocenters. The van der Waals surface area contributed by atoms with Crippen LogP contribution in [0.2, 0.25) is 0 Å². The highest BCUT2D eigenvalue weighted by Crippen LogP contribution is 2.24. The molecule has 214 valence electrons. The second kappa shape index (κ2) is 15.7. The topological polar surface area (TPSA) is 120 Å². The van der Waals surface area contributed by atoms with E-state index < -0.39 is 18.1 Å². The number of aromatic carboxylic acids is 1. The average Bonchev–Trinajstić information content (AvgIpc) is 3.30. The van der Waals surface area contributed by atoms with E-state index in [2.05, 4.69) is 55.7 Å². The van der Waals surface area contributed by atoms with Gasteiger partial charge >= 0.3 is 5.97 Å². The van der Waals surface area contributed by atoms with Gasteiger partial charge in [-0.1, -0.05) is 45.8 Å². The van der Waals surface area contributed by atoms with Crippen molar-refractivity contribution in [2.45, 2.75) is 77.5 Å². The zero-order valence-electron chi connectivity index (χ0n) is 23.7. The van der Waals surface area contributed by atoms with Crippen LogP contribution in [0.4, 0.5) is 0 Å². The third kappa shape index (κ3) is 8.68. The number of hydrogen-bond donors (Lipinski definition) is 3. The van der Waals surface area contributed by atoms with Gasteiger partial charge in [0.25, 0.3) is 0 Å². The minimum absolute atomic E-state index is 0.0588. The summed E-state index contributed by atoms with van der Waals surface area (Å²) >= 11 is 0. The molecule has 0 spiro atoms. The molecule has 38 heavy (non-hydrogen) atoms. The highest BCUT2D eigenvalue weighted by molar-refractivity contribution is 5.85. The molecule has 10 heteroatoms. The van der Waals surface area contributed by atoms with Crippen LogP contribution >= 0.6 is 0 Å². The van der Waals surface area contributed by atoms with E-state index in [0.717, 1.165) is 37.9 Å². The molecule has 1 fully saturated rings. The van der Waals surface area contributed by atoms with Crippen LogP contribution in [0.5, 0.6) is 0 Å². The molecule has 1 aromatic rings. The highest BCUT2D eigenvalue weighted by atomic mass is 16.5. The summed E-state index contributed by atoms with van der Waals surface area (Å²) < 4.78 is 7.17. The van der Waals surface area contributed by atoms with Crippen LogP contribution in [0.3, 0.4) is 0 Å². The minimum Gasteiger partial charge on any atom is -0.476 e. The van der Waals surface area contributed by atoms with Crippen LogP contribution in [-0.4, -0.2) is 87.0 Å². The molecule has 1 amide bonds. The fourth-order valence-corrected chi connectivity index (χ4v) is 4.82. The van der Waals surface area contributed by atoms with E-state index in [1.165, 1.54) is 17.2 Å². The van der Waals surface area contributed by atoms with Gasteiger partial charge < -0.3 is 29.7 Å². The van der Waals surface area contributed by atoms with E-state index in [0.29, 0.717) is 6.61 Å². The van der Waals surface area contributed by atoms with Crippen molar-refractivity contribution >= 4 is 11.9 Å². The van der Waals surface area contributed by atoms with Crippen molar-refractivity contribution in [3.05, 3.63) is 42.1 Å². The summed E-state index contributed by atoms with van der Waals surface area (Å²) in [6, 6.07) is -0.202. The number of likely N-dealkylation sites (tertiary alicyclic amines) is 1. The molecule has 1 saturated heterocycles. The fraction of sp³-hybridized carbons (Fsp3) is 0.679. The third-order valence-electron chi connectivity index (χ3n) is 7.25. The Morgan fingerprint density at radius 2 is 2.08 bits per heavy atom. The first kappa shape index (κ1) is 31.5. The summed E-state index contributed by atoms with van der Waals surface area (Å²) in [7, 11) is 3.78. The molecule has 1 aromatic heterocycles. The number of nitrogens with one attached hydrogen (secondary N) is 1. The number of aromatic nitrogens is 2. The van der Waals surface area contributed by atoms with Gasteiger partial charge in [0.15, 0.2) is 5.69 Å². The third-order valence-corrected chi connectivity index (χ3v) is 7.25. The number of carbonyl (C=O) groups is 2. The van der Waals surface area contributed by atoms with Gasteiger partial charge in [0.1, 0.15) is 24.7 Å². The first-order valence-corrected chi connectivity index (χ1v) is 13.7. The van der Waals surface area contributed by atoms with Crippen molar-refractivity contribution < 1.29 is 24.5 Å². The Bertz CT molecular complexity index is 946. The molecule has 0 saturated carbocycles. The quantitative estimate of drug-likeness (QED) is 0.168. The fourth-order valence-electron chi connectivity index (χ4n) is 4.82. The smallest absolute Gasteiger partial charge is 0.356 e. The average molecular weight is 534 g/mol. The Hall–Kier alpha value is -2.69. The number of carbonyl (C=O) groups excluding carboxylic acids is 1. The van der Waals surface area contributed by atoms with Gasteiger partial charge in [0.2, 0.25) is 5.91 Å². The Balaban J connectivity index is 2.24. The number of carboxylic acid groups (broad SMARTS) is 1. The van der Waals surface area contributed by atoms with Gasteiger partial charge in [-0.25, -0.2) is 9.78 Å². The predicted molar refractivity (Wildman–Crippen MR) is 147 cm³/mol. The van der Waals surface area contributed by atoms with Gasteiger partial charge in [-0.2, -0.15) is 0 Å². The number of nitrogens with zero attached hydrogens (tertiary/aromatic N) is 4. The summed E-state index contributed by atoms with van der Waals surface area (Å²) in [5, 5.41) is 23.7. The normalized spacial score (nSPS) is 19.0. The maximum Gasteiger partial charge on any atom is 0.356 e. The molecule has 0 bridgehead atoms. The standard InChI is InChI=1S/C28H47N5O5/c1-7-12-21(23-13-10-11-15-31(23)5)29-25(20(4)9-3)27(35)33(19-38-17-8-2)16-14-24(34)26-30-22(28(36)37)18-32(26)6/h8,12,18,20,23-25,29,34H,2,7,9-11,13-17,19H2,1,3-6H3,(H,36,37)/b21-12+/t20?,23?,24-,25?/m1/s1. The van der Waals surface area contributed by atoms with E-state index in [-0.39, 0.29) is 49.1 Å². The number of aryl methyl sites for hydroxylation is 1. The number of rotatable bonds is 16. The number of aliphatic hydroxyl groups excluding tert-OH is 1. The van der Waals surface area contributed by atoms with Crippen LogP contribution in [0.15, 0.2) is 30.6 Å². The van der Waals surface area contributed by atoms with Crippen molar-refractivity contribution in [1.29, 1.82) is 0 Å². The molecular formula is C28H47N5O5. The lowest BCUT2D eigenvalue weighted by atomic mass is 9.94. The first-order chi connectivity index (χ1) is 18.1. The lowest BCUT2D eigenvalue weighted by molar-refractivity contribution is -0.140. The number of amides is 1. The van der Waals surface area contributed by atoms with E-state index in [9.17, 15) is 19.8 Å². The predicted octanol–water partition coefficient (Wildman–Crippen LogP) is 3.31. The lowest BCUT2D eigenvalue weighted by Gasteiger charge is -2.38. The van der Waals surface area contributed by atoms with E-state index in [1.54, 1.807) is 18.0 Å². The van der Waals surface area contributed by atoms with Gasteiger partial charge in [-0.05, 0) is 45.2 Å². The van der Waals surface area contributed by atoms with Crippen molar-refractivity contribution in [3.63, 3.8) is 0 Å². The number of ether oxygens (including phenoxy) is 1. The Morgan fingerprint density at radius 3 is 2.66 bits per heavy atom. The molecule has 0 aromatic carbocycles. The number of aliphatic hydroxyl groups is 1. The van der Waals surface area contributed by atoms with Crippen LogP contribution in [0, 0.1) is 5.92 Å². The molecule has 4 atom stereocenters. The Morgan fingerprint density at radius 1 is 1.34 bits per heavy atom. The molecule has 0 radical (unpaired) electrons. The molecule has 1 aliphatic rings. The van der Waals surface area contributed by atoms with Crippen LogP contribution in [-0.2, 0) is 16.6 Å². The molecule has 3 N–H and O–H groups in total. The number of imidazole rings is 1. The molecular weight excluding hydrogens is 486 g/mol. The number of carboxylic acids is 1. The van der Waals surface area contributed by atoms with E-state index >= 15 is 0 Å². The number of allylic oxidation sites excluding steroid dienone is 1. The Labute approximate surface area is 227 Å². The number of hydrogen-bond acceptors (Lipinski definition) is 7. The molecule has 0 aliphatic carbocycles. The minimum atomic E-state index is -1.16. The van der Waals surface area contributed by atoms with Gasteiger partial charge in [-0.15, -0.1) is 6.58 Å². The summed E-state index contributed by atoms with van der Waals surface area (Å²) in [5.74, 6) is -0.944. The first-order valence-electron chi connectivity index (χ1n) is 13.7. The van der Waals surface area contributed by atoms with Crippen LogP contribution in [0.1, 0.15) is 81.7 Å². The van der Waals surface area contributed by atoms with Crippen molar-refractivity contribution in [2.75, 3.05) is 33.5 Å². The number of piperidine rings is 1. The van der Waals surface area contributed by atoms with E-state index in [4.69, 9.17) is 4.74 Å². The largest absolute Gasteiger partial charge is 0.476 e. The van der Waals surface area contributed by atoms with Crippen molar-refractivity contribution in [2.24, 2.45) is 13.0 Å². The maximum absolute atomic E-state index is 14.0. The van der Waals surface area contributed by atoms with Crippen LogP contribution < -0.4 is 5.32 Å². The van der Waals surface area contributed by atoms with Gasteiger partial charge in [-0.3, -0.25) is 9.69 Å². The second-order valence-electron chi connectivity index (χ2n) is 10.2. The maximum atomic E-state index is 14.0. The number of likely N-dealkylation sites (N-methyl/N-ethyl adjacent to an activating group) is 1. The van der Waals surface area contributed by atoms with E-state index in [1.807, 2.05) is 0 Å². The Kier molecular flexibility index (Phi) is 13.0. The monoisotopic (exact) mass is 533 g/mol. The zero-order chi connectivity index (χ0) is 28.2. The molecule has 2 rings (SSSR count). The summed E-state index contributed by atoms with van der Waals surface area (Å²) in [5.41, 5.74) is 0.960. The summed E-state index contributed by atoms with van der Waals surface area (Å²) in [4.78, 5) is 33.3. The molecule has 10 nitrogen and oxygen atoms in total. The summed E-state index contributed by atoms with van der Waals surface area (Å²) in [6.45, 7) is 11.5. The zero-order valence-corrected chi connectivity index (χ0v) is 23.7. The molecule has 1 aliphatic heterocycles.